The first kappa shape index (κ1) is 16.9. The first-order valence-corrected chi connectivity index (χ1v) is 9.63. The summed E-state index contributed by atoms with van der Waals surface area (Å²) in [6.45, 7) is 6.66. The zero-order chi connectivity index (χ0) is 14.2. The lowest BCUT2D eigenvalue weighted by molar-refractivity contribution is -0.143. The van der Waals surface area contributed by atoms with Crippen LogP contribution in [-0.4, -0.2) is 51.6 Å². The van der Waals surface area contributed by atoms with Crippen molar-refractivity contribution in [2.24, 2.45) is 0 Å². The van der Waals surface area contributed by atoms with Gasteiger partial charge in [-0.2, -0.15) is 0 Å². The Morgan fingerprint density at radius 3 is 2.39 bits per heavy atom. The fourth-order valence-electron chi connectivity index (χ4n) is 1.15. The molecule has 0 aliphatic rings. The number of carbonyl (C=O) groups excluding carboxylic acids is 2. The molecule has 0 radical (unpaired) electrons. The van der Waals surface area contributed by atoms with E-state index in [0.717, 1.165) is 6.04 Å². The van der Waals surface area contributed by atoms with Crippen molar-refractivity contribution in [3.63, 3.8) is 0 Å². The number of carbonyl (C=O) groups is 2. The van der Waals surface area contributed by atoms with Crippen LogP contribution in [0, 0.1) is 0 Å². The molecule has 2 N–H and O–H groups in total. The SMILES string of the molecule is COC(=O)C(CCO)NC(=O)OCC[Si](C)(C)C. The van der Waals surface area contributed by atoms with Gasteiger partial charge in [-0.15, -0.1) is 0 Å². The lowest BCUT2D eigenvalue weighted by Crippen LogP contribution is -2.42. The molecule has 0 saturated carbocycles. The molecule has 0 heterocycles. The molecule has 0 rings (SSSR count). The molecular formula is C11H23NO5Si. The smallest absolute Gasteiger partial charge is 0.407 e. The highest BCUT2D eigenvalue weighted by atomic mass is 28.3. The molecule has 106 valence electrons. The van der Waals surface area contributed by atoms with E-state index in [1.54, 1.807) is 0 Å². The van der Waals surface area contributed by atoms with Crippen molar-refractivity contribution in [3.05, 3.63) is 0 Å². The van der Waals surface area contributed by atoms with E-state index in [9.17, 15) is 9.59 Å². The molecule has 0 aromatic rings. The van der Waals surface area contributed by atoms with Crippen molar-refractivity contribution >= 4 is 20.1 Å². The minimum absolute atomic E-state index is 0.107. The van der Waals surface area contributed by atoms with Crippen LogP contribution in [-0.2, 0) is 14.3 Å². The van der Waals surface area contributed by atoms with E-state index >= 15 is 0 Å². The number of alkyl carbamates (subject to hydrolysis) is 1. The largest absolute Gasteiger partial charge is 0.467 e. The average molecular weight is 277 g/mol. The van der Waals surface area contributed by atoms with Gasteiger partial charge in [0.2, 0.25) is 0 Å². The van der Waals surface area contributed by atoms with Crippen LogP contribution in [0.2, 0.25) is 25.7 Å². The Bertz CT molecular complexity index is 277. The molecule has 0 aliphatic heterocycles. The van der Waals surface area contributed by atoms with Crippen molar-refractivity contribution in [1.82, 2.24) is 5.32 Å². The molecule has 1 unspecified atom stereocenters. The van der Waals surface area contributed by atoms with Gasteiger partial charge in [0.1, 0.15) is 6.04 Å². The molecule has 18 heavy (non-hydrogen) atoms. The van der Waals surface area contributed by atoms with Crippen molar-refractivity contribution < 1.29 is 24.2 Å². The quantitative estimate of drug-likeness (QED) is 0.535. The molecule has 0 fully saturated rings. The summed E-state index contributed by atoms with van der Waals surface area (Å²) in [4.78, 5) is 22.7. The number of ether oxygens (including phenoxy) is 2. The number of hydrogen-bond acceptors (Lipinski definition) is 5. The molecule has 0 aliphatic carbocycles. The highest BCUT2D eigenvalue weighted by Crippen LogP contribution is 2.07. The van der Waals surface area contributed by atoms with Crippen LogP contribution in [0.25, 0.3) is 0 Å². The molecule has 1 amide bonds. The summed E-state index contributed by atoms with van der Waals surface area (Å²) in [6.07, 6.45) is -0.549. The van der Waals surface area contributed by atoms with E-state index in [1.807, 2.05) is 0 Å². The molecule has 0 spiro atoms. The second-order valence-electron chi connectivity index (χ2n) is 5.18. The monoisotopic (exact) mass is 277 g/mol. The summed E-state index contributed by atoms with van der Waals surface area (Å²) in [6, 6.07) is 0.00271. The molecular weight excluding hydrogens is 254 g/mol. The van der Waals surface area contributed by atoms with E-state index in [4.69, 9.17) is 9.84 Å². The Balaban J connectivity index is 4.06. The lowest BCUT2D eigenvalue weighted by atomic mass is 10.2. The molecule has 6 nitrogen and oxygen atoms in total. The Morgan fingerprint density at radius 2 is 1.94 bits per heavy atom. The van der Waals surface area contributed by atoms with Gasteiger partial charge in [0.25, 0.3) is 0 Å². The molecule has 7 heteroatoms. The molecule has 0 aromatic heterocycles. The van der Waals surface area contributed by atoms with E-state index in [0.29, 0.717) is 6.61 Å². The van der Waals surface area contributed by atoms with Gasteiger partial charge >= 0.3 is 12.1 Å². The fourth-order valence-corrected chi connectivity index (χ4v) is 1.87. The number of amides is 1. The Labute approximate surface area is 109 Å². The van der Waals surface area contributed by atoms with Gasteiger partial charge in [0.05, 0.1) is 13.7 Å². The topological polar surface area (TPSA) is 84.9 Å². The second-order valence-corrected chi connectivity index (χ2v) is 10.8. The maximum absolute atomic E-state index is 11.4. The number of aliphatic hydroxyl groups excluding tert-OH is 1. The predicted octanol–water partition coefficient (Wildman–Crippen LogP) is 0.975. The molecule has 0 aromatic carbocycles. The molecule has 0 saturated heterocycles. The number of methoxy groups -OCH3 is 1. The van der Waals surface area contributed by atoms with Gasteiger partial charge in [-0.1, -0.05) is 19.6 Å². The van der Waals surface area contributed by atoms with Crippen molar-refractivity contribution in [2.45, 2.75) is 38.1 Å². The fraction of sp³-hybridized carbons (Fsp3) is 0.818. The Hall–Kier alpha value is -1.08. The van der Waals surface area contributed by atoms with Gasteiger partial charge in [0, 0.05) is 21.1 Å². The summed E-state index contributed by atoms with van der Waals surface area (Å²) in [5.41, 5.74) is 0. The highest BCUT2D eigenvalue weighted by molar-refractivity contribution is 6.76. The third-order valence-electron chi connectivity index (χ3n) is 2.28. The maximum Gasteiger partial charge on any atom is 0.407 e. The molecule has 0 bridgehead atoms. The Kier molecular flexibility index (Phi) is 7.61. The average Bonchev–Trinajstić information content (AvgIpc) is 2.25. The van der Waals surface area contributed by atoms with Crippen LogP contribution in [0.5, 0.6) is 0 Å². The zero-order valence-corrected chi connectivity index (χ0v) is 12.5. The van der Waals surface area contributed by atoms with Gasteiger partial charge < -0.3 is 19.9 Å². The summed E-state index contributed by atoms with van der Waals surface area (Å²) in [5.74, 6) is -0.591. The summed E-state index contributed by atoms with van der Waals surface area (Å²) in [7, 11) is -0.0174. The van der Waals surface area contributed by atoms with E-state index in [2.05, 4.69) is 29.7 Å². The van der Waals surface area contributed by atoms with E-state index in [1.165, 1.54) is 7.11 Å². The van der Waals surface area contributed by atoms with Crippen LogP contribution in [0.3, 0.4) is 0 Å². The third-order valence-corrected chi connectivity index (χ3v) is 3.98. The lowest BCUT2D eigenvalue weighted by Gasteiger charge is -2.17. The standard InChI is InChI=1S/C11H23NO5Si/c1-16-10(14)9(5-6-13)12-11(15)17-7-8-18(2,3)4/h9,13H,5-8H2,1-4H3,(H,12,15). The minimum Gasteiger partial charge on any atom is -0.467 e. The Morgan fingerprint density at radius 1 is 1.33 bits per heavy atom. The summed E-state index contributed by atoms with van der Waals surface area (Å²) in [5, 5.41) is 11.2. The predicted molar refractivity (Wildman–Crippen MR) is 70.1 cm³/mol. The first-order chi connectivity index (χ1) is 8.30. The van der Waals surface area contributed by atoms with Gasteiger partial charge in [-0.3, -0.25) is 0 Å². The highest BCUT2D eigenvalue weighted by Gasteiger charge is 2.22. The maximum atomic E-state index is 11.4. The van der Waals surface area contributed by atoms with Crippen LogP contribution >= 0.6 is 0 Å². The minimum atomic E-state index is -1.24. The second kappa shape index (κ2) is 8.10. The molecule has 1 atom stereocenters. The van der Waals surface area contributed by atoms with E-state index in [-0.39, 0.29) is 13.0 Å². The normalized spacial score (nSPS) is 12.7. The first-order valence-electron chi connectivity index (χ1n) is 5.92. The van der Waals surface area contributed by atoms with Crippen molar-refractivity contribution in [2.75, 3.05) is 20.3 Å². The van der Waals surface area contributed by atoms with Gasteiger partial charge in [-0.05, 0) is 6.04 Å². The van der Waals surface area contributed by atoms with E-state index < -0.39 is 26.2 Å². The number of aliphatic hydroxyl groups is 1. The summed E-state index contributed by atoms with van der Waals surface area (Å²) < 4.78 is 9.50. The van der Waals surface area contributed by atoms with Crippen LogP contribution in [0.15, 0.2) is 0 Å². The third kappa shape index (κ3) is 8.07. The number of rotatable bonds is 7. The van der Waals surface area contributed by atoms with Crippen LogP contribution in [0.1, 0.15) is 6.42 Å². The summed E-state index contributed by atoms with van der Waals surface area (Å²) >= 11 is 0. The number of nitrogens with one attached hydrogen (secondary N) is 1. The van der Waals surface area contributed by atoms with Gasteiger partial charge in [0.15, 0.2) is 0 Å². The van der Waals surface area contributed by atoms with Crippen molar-refractivity contribution in [1.29, 1.82) is 0 Å². The number of esters is 1. The van der Waals surface area contributed by atoms with Crippen molar-refractivity contribution in [3.8, 4) is 0 Å². The van der Waals surface area contributed by atoms with Gasteiger partial charge in [-0.25, -0.2) is 9.59 Å². The zero-order valence-electron chi connectivity index (χ0n) is 11.5. The van der Waals surface area contributed by atoms with Crippen LogP contribution < -0.4 is 5.32 Å². The number of hydrogen-bond donors (Lipinski definition) is 2. The van der Waals surface area contributed by atoms with Crippen LogP contribution in [0.4, 0.5) is 4.79 Å².